The fourth-order valence-electron chi connectivity index (χ4n) is 2.38. The van der Waals surface area contributed by atoms with Crippen LogP contribution in [0.5, 0.6) is 0 Å². The maximum absolute atomic E-state index is 12.9. The van der Waals surface area contributed by atoms with Crippen LogP contribution in [-0.2, 0) is 4.79 Å². The molecule has 2 saturated heterocycles. The first kappa shape index (κ1) is 11.8. The van der Waals surface area contributed by atoms with Gasteiger partial charge in [0, 0.05) is 26.1 Å². The van der Waals surface area contributed by atoms with Gasteiger partial charge in [0.1, 0.15) is 0 Å². The number of carbonyl (C=O) groups excluding carboxylic acids is 1. The molecule has 0 aromatic rings. The topological polar surface area (TPSA) is 23.6 Å². The largest absolute Gasteiger partial charge is 0.342 e. The molecule has 1 amide bonds. The number of alkyl halides is 2. The van der Waals surface area contributed by atoms with Crippen LogP contribution in [0.3, 0.4) is 0 Å². The van der Waals surface area contributed by atoms with E-state index in [0.29, 0.717) is 6.54 Å². The van der Waals surface area contributed by atoms with E-state index in [1.165, 1.54) is 6.42 Å². The Kier molecular flexibility index (Phi) is 3.42. The zero-order chi connectivity index (χ0) is 11.6. The van der Waals surface area contributed by atoms with Crippen molar-refractivity contribution >= 4 is 5.91 Å². The van der Waals surface area contributed by atoms with Gasteiger partial charge in [-0.05, 0) is 19.3 Å². The molecular weight excluding hydrogens is 214 g/mol. The van der Waals surface area contributed by atoms with Gasteiger partial charge in [0.2, 0.25) is 5.91 Å². The van der Waals surface area contributed by atoms with Gasteiger partial charge in [-0.25, -0.2) is 8.78 Å². The highest BCUT2D eigenvalue weighted by atomic mass is 19.3. The highest BCUT2D eigenvalue weighted by Gasteiger charge is 2.39. The van der Waals surface area contributed by atoms with Crippen molar-refractivity contribution in [2.75, 3.05) is 32.7 Å². The molecule has 2 aliphatic rings. The van der Waals surface area contributed by atoms with Crippen LogP contribution in [0.25, 0.3) is 0 Å². The first-order chi connectivity index (χ1) is 7.57. The third kappa shape index (κ3) is 2.90. The molecule has 0 unspecified atom stereocenters. The molecule has 2 heterocycles. The van der Waals surface area contributed by atoms with E-state index in [4.69, 9.17) is 0 Å². The first-order valence-corrected chi connectivity index (χ1v) is 5.95. The van der Waals surface area contributed by atoms with Crippen molar-refractivity contribution in [3.8, 4) is 0 Å². The van der Waals surface area contributed by atoms with Crippen LogP contribution in [0.2, 0.25) is 0 Å². The molecule has 2 fully saturated rings. The second-order valence-electron chi connectivity index (χ2n) is 4.76. The summed E-state index contributed by atoms with van der Waals surface area (Å²) in [6.45, 7) is 1.83. The van der Waals surface area contributed by atoms with Gasteiger partial charge in [-0.3, -0.25) is 9.69 Å². The lowest BCUT2D eigenvalue weighted by Gasteiger charge is -2.28. The van der Waals surface area contributed by atoms with E-state index in [-0.39, 0.29) is 25.4 Å². The summed E-state index contributed by atoms with van der Waals surface area (Å²) in [6.07, 6.45) is 3.15. The van der Waals surface area contributed by atoms with E-state index in [0.717, 1.165) is 25.9 Å². The van der Waals surface area contributed by atoms with Gasteiger partial charge in [-0.2, -0.15) is 0 Å². The monoisotopic (exact) mass is 232 g/mol. The number of nitrogens with zero attached hydrogens (tertiary/aromatic N) is 2. The number of hydrogen-bond donors (Lipinski definition) is 0. The van der Waals surface area contributed by atoms with Crippen molar-refractivity contribution in [3.05, 3.63) is 0 Å². The highest BCUT2D eigenvalue weighted by molar-refractivity contribution is 5.78. The van der Waals surface area contributed by atoms with Crippen molar-refractivity contribution < 1.29 is 13.6 Å². The maximum Gasteiger partial charge on any atom is 0.261 e. The molecule has 2 rings (SSSR count). The molecule has 0 saturated carbocycles. The minimum Gasteiger partial charge on any atom is -0.342 e. The molecule has 0 radical (unpaired) electrons. The van der Waals surface area contributed by atoms with Gasteiger partial charge in [0.15, 0.2) is 0 Å². The second-order valence-corrected chi connectivity index (χ2v) is 4.76. The molecule has 0 bridgehead atoms. The predicted octanol–water partition coefficient (Wildman–Crippen LogP) is 1.34. The summed E-state index contributed by atoms with van der Waals surface area (Å²) < 4.78 is 25.8. The van der Waals surface area contributed by atoms with Crippen LogP contribution in [0.4, 0.5) is 8.78 Å². The van der Waals surface area contributed by atoms with Crippen molar-refractivity contribution in [2.24, 2.45) is 0 Å². The SMILES string of the molecule is O=C(CN1CCC(F)(F)C1)N1CCCCC1. The Labute approximate surface area is 94.4 Å². The summed E-state index contributed by atoms with van der Waals surface area (Å²) in [5.74, 6) is -2.58. The van der Waals surface area contributed by atoms with Gasteiger partial charge in [-0.1, -0.05) is 0 Å². The Balaban J connectivity index is 1.79. The number of amides is 1. The molecule has 16 heavy (non-hydrogen) atoms. The molecule has 0 atom stereocenters. The Morgan fingerprint density at radius 1 is 1.12 bits per heavy atom. The second kappa shape index (κ2) is 4.65. The van der Waals surface area contributed by atoms with E-state index in [1.54, 1.807) is 9.80 Å². The summed E-state index contributed by atoms with van der Waals surface area (Å²) in [6, 6.07) is 0. The zero-order valence-corrected chi connectivity index (χ0v) is 9.42. The van der Waals surface area contributed by atoms with Crippen molar-refractivity contribution in [1.82, 2.24) is 9.80 Å². The molecule has 92 valence electrons. The number of carbonyl (C=O) groups is 1. The lowest BCUT2D eigenvalue weighted by molar-refractivity contribution is -0.133. The van der Waals surface area contributed by atoms with Crippen molar-refractivity contribution in [1.29, 1.82) is 0 Å². The van der Waals surface area contributed by atoms with E-state index in [1.807, 2.05) is 0 Å². The summed E-state index contributed by atoms with van der Waals surface area (Å²) >= 11 is 0. The molecule has 0 N–H and O–H groups in total. The van der Waals surface area contributed by atoms with E-state index in [9.17, 15) is 13.6 Å². The van der Waals surface area contributed by atoms with E-state index >= 15 is 0 Å². The normalized spacial score (nSPS) is 26.0. The summed E-state index contributed by atoms with van der Waals surface area (Å²) in [5.41, 5.74) is 0. The molecule has 2 aliphatic heterocycles. The quantitative estimate of drug-likeness (QED) is 0.717. The molecule has 0 spiro atoms. The Morgan fingerprint density at radius 3 is 2.38 bits per heavy atom. The molecule has 0 aromatic heterocycles. The smallest absolute Gasteiger partial charge is 0.261 e. The van der Waals surface area contributed by atoms with Crippen LogP contribution in [0.15, 0.2) is 0 Å². The highest BCUT2D eigenvalue weighted by Crippen LogP contribution is 2.26. The number of hydrogen-bond acceptors (Lipinski definition) is 2. The minimum absolute atomic E-state index is 0.0115. The lowest BCUT2D eigenvalue weighted by Crippen LogP contribution is -2.42. The summed E-state index contributed by atoms with van der Waals surface area (Å²) in [7, 11) is 0. The fraction of sp³-hybridized carbons (Fsp3) is 0.909. The summed E-state index contributed by atoms with van der Waals surface area (Å²) in [5, 5.41) is 0. The van der Waals surface area contributed by atoms with E-state index < -0.39 is 5.92 Å². The number of likely N-dealkylation sites (tertiary alicyclic amines) is 2. The van der Waals surface area contributed by atoms with Gasteiger partial charge in [0.05, 0.1) is 13.1 Å². The number of rotatable bonds is 2. The van der Waals surface area contributed by atoms with Crippen LogP contribution in [0.1, 0.15) is 25.7 Å². The van der Waals surface area contributed by atoms with Crippen LogP contribution in [0, 0.1) is 0 Å². The van der Waals surface area contributed by atoms with Crippen molar-refractivity contribution in [3.63, 3.8) is 0 Å². The van der Waals surface area contributed by atoms with E-state index in [2.05, 4.69) is 0 Å². The average molecular weight is 232 g/mol. The standard InChI is InChI=1S/C11H18F2N2O/c12-11(13)4-7-14(9-11)8-10(16)15-5-2-1-3-6-15/h1-9H2. The van der Waals surface area contributed by atoms with Gasteiger partial charge >= 0.3 is 0 Å². The zero-order valence-electron chi connectivity index (χ0n) is 9.42. The first-order valence-electron chi connectivity index (χ1n) is 5.95. The molecular formula is C11H18F2N2O. The van der Waals surface area contributed by atoms with Crippen LogP contribution in [-0.4, -0.2) is 54.4 Å². The van der Waals surface area contributed by atoms with Crippen molar-refractivity contribution in [2.45, 2.75) is 31.6 Å². The van der Waals surface area contributed by atoms with Gasteiger partial charge in [-0.15, -0.1) is 0 Å². The Morgan fingerprint density at radius 2 is 1.81 bits per heavy atom. The number of halogens is 2. The van der Waals surface area contributed by atoms with Crippen LogP contribution >= 0.6 is 0 Å². The van der Waals surface area contributed by atoms with Gasteiger partial charge < -0.3 is 4.90 Å². The number of piperidine rings is 1. The minimum atomic E-state index is -2.60. The third-order valence-electron chi connectivity index (χ3n) is 3.32. The average Bonchev–Trinajstić information content (AvgIpc) is 2.59. The van der Waals surface area contributed by atoms with Gasteiger partial charge in [0.25, 0.3) is 5.92 Å². The molecule has 3 nitrogen and oxygen atoms in total. The summed E-state index contributed by atoms with van der Waals surface area (Å²) in [4.78, 5) is 15.2. The van der Waals surface area contributed by atoms with Crippen LogP contribution < -0.4 is 0 Å². The Hall–Kier alpha value is -0.710. The third-order valence-corrected chi connectivity index (χ3v) is 3.32. The molecule has 0 aliphatic carbocycles. The maximum atomic E-state index is 12.9. The molecule has 0 aromatic carbocycles. The lowest BCUT2D eigenvalue weighted by atomic mass is 10.1. The molecule has 5 heteroatoms. The fourth-order valence-corrected chi connectivity index (χ4v) is 2.38. The Bertz CT molecular complexity index is 265. The predicted molar refractivity (Wildman–Crippen MR) is 56.4 cm³/mol.